The van der Waals surface area contributed by atoms with Crippen molar-refractivity contribution in [2.75, 3.05) is 66.2 Å². The first-order chi connectivity index (χ1) is 13.7. The van der Waals surface area contributed by atoms with Gasteiger partial charge in [-0.3, -0.25) is 9.89 Å². The average molecular weight is 409 g/mol. The van der Waals surface area contributed by atoms with Crippen LogP contribution in [0.1, 0.15) is 24.9 Å². The summed E-state index contributed by atoms with van der Waals surface area (Å²) >= 11 is 6.54. The highest BCUT2D eigenvalue weighted by molar-refractivity contribution is 6.31. The van der Waals surface area contributed by atoms with Gasteiger partial charge < -0.3 is 19.7 Å². The molecule has 1 aromatic rings. The van der Waals surface area contributed by atoms with Crippen molar-refractivity contribution in [3.63, 3.8) is 0 Å². The Morgan fingerprint density at radius 1 is 1.29 bits per heavy atom. The van der Waals surface area contributed by atoms with Gasteiger partial charge in [-0.15, -0.1) is 0 Å². The number of hydrogen-bond acceptors (Lipinski definition) is 4. The molecule has 0 aliphatic carbocycles. The smallest absolute Gasteiger partial charge is 0.193 e. The molecule has 3 rings (SSSR count). The fourth-order valence-corrected chi connectivity index (χ4v) is 4.15. The number of nitrogens with one attached hydrogen (secondary N) is 1. The molecule has 2 unspecified atom stereocenters. The predicted molar refractivity (Wildman–Crippen MR) is 114 cm³/mol. The van der Waals surface area contributed by atoms with E-state index in [2.05, 4.69) is 41.2 Å². The highest BCUT2D eigenvalue weighted by Crippen LogP contribution is 2.28. The van der Waals surface area contributed by atoms with E-state index in [0.29, 0.717) is 12.5 Å². The van der Waals surface area contributed by atoms with Crippen molar-refractivity contribution in [3.8, 4) is 0 Å². The number of morpholine rings is 1. The Hall–Kier alpha value is -1.34. The largest absolute Gasteiger partial charge is 0.381 e. The quantitative estimate of drug-likeness (QED) is 0.555. The van der Waals surface area contributed by atoms with Gasteiger partial charge >= 0.3 is 0 Å². The third kappa shape index (κ3) is 5.83. The van der Waals surface area contributed by atoms with Gasteiger partial charge in [-0.1, -0.05) is 29.8 Å². The van der Waals surface area contributed by atoms with Crippen LogP contribution in [0, 0.1) is 5.92 Å². The lowest BCUT2D eigenvalue weighted by molar-refractivity contribution is 0.0179. The van der Waals surface area contributed by atoms with Gasteiger partial charge in [0.15, 0.2) is 5.96 Å². The van der Waals surface area contributed by atoms with Crippen LogP contribution in [-0.4, -0.2) is 82.0 Å². The number of rotatable bonds is 7. The zero-order valence-corrected chi connectivity index (χ0v) is 17.8. The molecule has 0 saturated carbocycles. The second kappa shape index (κ2) is 11.0. The van der Waals surface area contributed by atoms with Gasteiger partial charge in [0.05, 0.1) is 32.4 Å². The zero-order valence-electron chi connectivity index (χ0n) is 17.1. The topological polar surface area (TPSA) is 49.3 Å². The lowest BCUT2D eigenvalue weighted by atomic mass is 10.0. The van der Waals surface area contributed by atoms with Crippen molar-refractivity contribution in [1.82, 2.24) is 15.1 Å². The second-order valence-electron chi connectivity index (χ2n) is 7.49. The van der Waals surface area contributed by atoms with E-state index in [1.54, 1.807) is 0 Å². The average Bonchev–Trinajstić information content (AvgIpc) is 3.22. The number of nitrogens with zero attached hydrogens (tertiary/aromatic N) is 3. The van der Waals surface area contributed by atoms with Crippen molar-refractivity contribution in [1.29, 1.82) is 0 Å². The minimum atomic E-state index is 0.148. The van der Waals surface area contributed by atoms with Crippen LogP contribution >= 0.6 is 11.6 Å². The molecule has 2 saturated heterocycles. The highest BCUT2D eigenvalue weighted by atomic mass is 35.5. The maximum Gasteiger partial charge on any atom is 0.193 e. The Bertz CT molecular complexity index is 631. The first kappa shape index (κ1) is 21.4. The van der Waals surface area contributed by atoms with Crippen LogP contribution in [0.3, 0.4) is 0 Å². The van der Waals surface area contributed by atoms with Crippen LogP contribution in [0.15, 0.2) is 29.3 Å². The maximum absolute atomic E-state index is 6.54. The molecule has 6 nitrogen and oxygen atoms in total. The minimum Gasteiger partial charge on any atom is -0.381 e. The van der Waals surface area contributed by atoms with Crippen molar-refractivity contribution < 1.29 is 9.47 Å². The standard InChI is InChI=1S/C21H33ClN4O2/c1-3-23-21(25(2)15-17-8-11-28-16-17)24-14-20(26-9-12-27-13-10-26)18-6-4-5-7-19(18)22/h4-7,17,20H,3,8-16H2,1-2H3,(H,23,24). The van der Waals surface area contributed by atoms with Gasteiger partial charge in [-0.05, 0) is 25.0 Å². The van der Waals surface area contributed by atoms with E-state index in [4.69, 9.17) is 26.1 Å². The number of guanidine groups is 1. The summed E-state index contributed by atoms with van der Waals surface area (Å²) in [5.41, 5.74) is 1.14. The number of halogens is 1. The first-order valence-corrected chi connectivity index (χ1v) is 10.7. The molecule has 0 spiro atoms. The second-order valence-corrected chi connectivity index (χ2v) is 7.90. The van der Waals surface area contributed by atoms with Crippen LogP contribution < -0.4 is 5.32 Å². The highest BCUT2D eigenvalue weighted by Gasteiger charge is 2.25. The zero-order chi connectivity index (χ0) is 19.8. The van der Waals surface area contributed by atoms with E-state index in [1.165, 1.54) is 0 Å². The molecule has 7 heteroatoms. The van der Waals surface area contributed by atoms with Crippen LogP contribution in [0.4, 0.5) is 0 Å². The van der Waals surface area contributed by atoms with E-state index < -0.39 is 0 Å². The lowest BCUT2D eigenvalue weighted by Gasteiger charge is -2.35. The van der Waals surface area contributed by atoms with Crippen molar-refractivity contribution in [2.45, 2.75) is 19.4 Å². The Balaban J connectivity index is 1.75. The summed E-state index contributed by atoms with van der Waals surface area (Å²) in [6.07, 6.45) is 1.12. The first-order valence-electron chi connectivity index (χ1n) is 10.3. The van der Waals surface area contributed by atoms with E-state index >= 15 is 0 Å². The maximum atomic E-state index is 6.54. The summed E-state index contributed by atoms with van der Waals surface area (Å²) in [6.45, 7) is 9.61. The molecule has 2 aliphatic heterocycles. The molecule has 2 atom stereocenters. The van der Waals surface area contributed by atoms with E-state index in [-0.39, 0.29) is 6.04 Å². The molecule has 0 radical (unpaired) electrons. The molecule has 2 aliphatic rings. The van der Waals surface area contributed by atoms with Crippen molar-refractivity contribution >= 4 is 17.6 Å². The van der Waals surface area contributed by atoms with Crippen LogP contribution in [0.5, 0.6) is 0 Å². The van der Waals surface area contributed by atoms with Crippen LogP contribution in [-0.2, 0) is 9.47 Å². The third-order valence-electron chi connectivity index (χ3n) is 5.42. The number of aliphatic imine (C=N–C) groups is 1. The number of benzene rings is 1. The summed E-state index contributed by atoms with van der Waals surface area (Å²) < 4.78 is 11.1. The normalized spacial score (nSPS) is 22.2. The molecule has 1 N–H and O–H groups in total. The summed E-state index contributed by atoms with van der Waals surface area (Å²) in [5, 5.41) is 4.24. The Morgan fingerprint density at radius 2 is 2.07 bits per heavy atom. The monoisotopic (exact) mass is 408 g/mol. The number of hydrogen-bond donors (Lipinski definition) is 1. The molecule has 2 heterocycles. The lowest BCUT2D eigenvalue weighted by Crippen LogP contribution is -2.43. The third-order valence-corrected chi connectivity index (χ3v) is 5.76. The Kier molecular flexibility index (Phi) is 8.40. The van der Waals surface area contributed by atoms with Gasteiger partial charge in [0, 0.05) is 50.8 Å². The summed E-state index contributed by atoms with van der Waals surface area (Å²) in [5.74, 6) is 1.52. The van der Waals surface area contributed by atoms with Crippen molar-refractivity contribution in [3.05, 3.63) is 34.9 Å². The van der Waals surface area contributed by atoms with E-state index in [0.717, 1.165) is 75.6 Å². The molecule has 0 aromatic heterocycles. The van der Waals surface area contributed by atoms with Gasteiger partial charge in [0.2, 0.25) is 0 Å². The fraction of sp³-hybridized carbons (Fsp3) is 0.667. The molecule has 156 valence electrons. The Labute approximate surface area is 173 Å². The predicted octanol–water partition coefficient (Wildman–Crippen LogP) is 2.65. The van der Waals surface area contributed by atoms with Gasteiger partial charge in [-0.2, -0.15) is 0 Å². The molecule has 0 bridgehead atoms. The van der Waals surface area contributed by atoms with E-state index in [1.807, 2.05) is 12.1 Å². The summed E-state index contributed by atoms with van der Waals surface area (Å²) in [7, 11) is 2.11. The summed E-state index contributed by atoms with van der Waals surface area (Å²) in [4.78, 5) is 9.66. The van der Waals surface area contributed by atoms with Crippen molar-refractivity contribution in [2.24, 2.45) is 10.9 Å². The van der Waals surface area contributed by atoms with Crippen LogP contribution in [0.2, 0.25) is 5.02 Å². The summed E-state index contributed by atoms with van der Waals surface area (Å²) in [6, 6.07) is 8.26. The minimum absolute atomic E-state index is 0.148. The molecule has 2 fully saturated rings. The fourth-order valence-electron chi connectivity index (χ4n) is 3.89. The Morgan fingerprint density at radius 3 is 2.75 bits per heavy atom. The molecule has 28 heavy (non-hydrogen) atoms. The van der Waals surface area contributed by atoms with E-state index in [9.17, 15) is 0 Å². The SMILES string of the molecule is CCNC(=NCC(c1ccccc1Cl)N1CCOCC1)N(C)CC1CCOC1. The molecular formula is C21H33ClN4O2. The van der Waals surface area contributed by atoms with Gasteiger partial charge in [0.25, 0.3) is 0 Å². The van der Waals surface area contributed by atoms with Gasteiger partial charge in [0.1, 0.15) is 0 Å². The van der Waals surface area contributed by atoms with Crippen LogP contribution in [0.25, 0.3) is 0 Å². The van der Waals surface area contributed by atoms with Gasteiger partial charge in [-0.25, -0.2) is 0 Å². The number of ether oxygens (including phenoxy) is 2. The molecule has 1 aromatic carbocycles. The molecular weight excluding hydrogens is 376 g/mol. The molecule has 0 amide bonds.